The standard InChI is InChI=1S/C16H20N2S/c1-11-4-5-14(10-12(11)2)16(18-17)13-6-8-15(19-3)9-7-13/h4-10,16,18H,17H2,1-3H3. The fourth-order valence-electron chi connectivity index (χ4n) is 2.13. The number of aryl methyl sites for hydroxylation is 2. The van der Waals surface area contributed by atoms with E-state index in [1.165, 1.54) is 27.1 Å². The summed E-state index contributed by atoms with van der Waals surface area (Å²) >= 11 is 1.75. The van der Waals surface area contributed by atoms with Crippen LogP contribution in [0.3, 0.4) is 0 Å². The van der Waals surface area contributed by atoms with Crippen molar-refractivity contribution in [2.45, 2.75) is 24.8 Å². The van der Waals surface area contributed by atoms with Gasteiger partial charge in [0.15, 0.2) is 0 Å². The summed E-state index contributed by atoms with van der Waals surface area (Å²) in [7, 11) is 0. The van der Waals surface area contributed by atoms with Gasteiger partial charge >= 0.3 is 0 Å². The number of hydrogen-bond donors (Lipinski definition) is 2. The Hall–Kier alpha value is -1.29. The summed E-state index contributed by atoms with van der Waals surface area (Å²) in [6.45, 7) is 4.25. The second-order valence-electron chi connectivity index (χ2n) is 4.72. The van der Waals surface area contributed by atoms with Crippen LogP contribution in [-0.2, 0) is 0 Å². The van der Waals surface area contributed by atoms with Crippen LogP contribution in [0.4, 0.5) is 0 Å². The Morgan fingerprint density at radius 1 is 0.947 bits per heavy atom. The molecule has 0 spiro atoms. The smallest absolute Gasteiger partial charge is 0.0710 e. The van der Waals surface area contributed by atoms with Crippen LogP contribution < -0.4 is 11.3 Å². The van der Waals surface area contributed by atoms with E-state index in [2.05, 4.69) is 68.0 Å². The van der Waals surface area contributed by atoms with E-state index >= 15 is 0 Å². The third kappa shape index (κ3) is 3.18. The van der Waals surface area contributed by atoms with Crippen molar-refractivity contribution in [3.8, 4) is 0 Å². The molecule has 100 valence electrons. The molecule has 0 saturated carbocycles. The first-order valence-electron chi connectivity index (χ1n) is 6.33. The van der Waals surface area contributed by atoms with Gasteiger partial charge in [0.1, 0.15) is 0 Å². The highest BCUT2D eigenvalue weighted by Gasteiger charge is 2.12. The predicted molar refractivity (Wildman–Crippen MR) is 83.3 cm³/mol. The molecule has 19 heavy (non-hydrogen) atoms. The largest absolute Gasteiger partial charge is 0.271 e. The summed E-state index contributed by atoms with van der Waals surface area (Å²) in [6.07, 6.45) is 2.08. The van der Waals surface area contributed by atoms with E-state index in [9.17, 15) is 0 Å². The molecule has 2 nitrogen and oxygen atoms in total. The SMILES string of the molecule is CSc1ccc(C(NN)c2ccc(C)c(C)c2)cc1. The molecule has 2 aromatic rings. The zero-order valence-electron chi connectivity index (χ0n) is 11.6. The molecule has 0 heterocycles. The van der Waals surface area contributed by atoms with E-state index in [4.69, 9.17) is 5.84 Å². The van der Waals surface area contributed by atoms with Crippen LogP contribution in [0.2, 0.25) is 0 Å². The second kappa shape index (κ2) is 6.24. The first kappa shape index (κ1) is 14.1. The molecule has 0 aromatic heterocycles. The van der Waals surface area contributed by atoms with Crippen LogP contribution in [-0.4, -0.2) is 6.26 Å². The third-order valence-electron chi connectivity index (χ3n) is 3.48. The van der Waals surface area contributed by atoms with Crippen molar-refractivity contribution in [3.05, 3.63) is 64.7 Å². The fraction of sp³-hybridized carbons (Fsp3) is 0.250. The molecule has 0 bridgehead atoms. The highest BCUT2D eigenvalue weighted by molar-refractivity contribution is 7.98. The average Bonchev–Trinajstić information content (AvgIpc) is 2.44. The molecule has 0 aliphatic carbocycles. The molecule has 0 saturated heterocycles. The number of nitrogens with two attached hydrogens (primary N) is 1. The summed E-state index contributed by atoms with van der Waals surface area (Å²) in [5.41, 5.74) is 7.89. The van der Waals surface area contributed by atoms with Gasteiger partial charge in [0.2, 0.25) is 0 Å². The Morgan fingerprint density at radius 2 is 1.58 bits per heavy atom. The Morgan fingerprint density at radius 3 is 2.11 bits per heavy atom. The molecule has 3 heteroatoms. The van der Waals surface area contributed by atoms with Gasteiger partial charge in [-0.15, -0.1) is 11.8 Å². The lowest BCUT2D eigenvalue weighted by molar-refractivity contribution is 0.636. The van der Waals surface area contributed by atoms with Crippen LogP contribution in [0.1, 0.15) is 28.3 Å². The third-order valence-corrected chi connectivity index (χ3v) is 4.22. The van der Waals surface area contributed by atoms with E-state index in [0.717, 1.165) is 0 Å². The minimum Gasteiger partial charge on any atom is -0.271 e. The maximum absolute atomic E-state index is 5.74. The van der Waals surface area contributed by atoms with Crippen molar-refractivity contribution in [1.82, 2.24) is 5.43 Å². The van der Waals surface area contributed by atoms with Crippen LogP contribution in [0.25, 0.3) is 0 Å². The van der Waals surface area contributed by atoms with Crippen LogP contribution in [0.5, 0.6) is 0 Å². The van der Waals surface area contributed by atoms with Crippen molar-refractivity contribution in [2.75, 3.05) is 6.26 Å². The average molecular weight is 272 g/mol. The Balaban J connectivity index is 2.34. The predicted octanol–water partition coefficient (Wildman–Crippen LogP) is 3.58. The summed E-state index contributed by atoms with van der Waals surface area (Å²) in [4.78, 5) is 1.26. The molecule has 2 aromatic carbocycles. The number of thioether (sulfide) groups is 1. The van der Waals surface area contributed by atoms with Crippen molar-refractivity contribution in [2.24, 2.45) is 5.84 Å². The van der Waals surface area contributed by atoms with Gasteiger partial charge in [0.05, 0.1) is 6.04 Å². The molecular weight excluding hydrogens is 252 g/mol. The highest BCUT2D eigenvalue weighted by Crippen LogP contribution is 2.25. The van der Waals surface area contributed by atoms with Crippen LogP contribution in [0, 0.1) is 13.8 Å². The van der Waals surface area contributed by atoms with Gasteiger partial charge in [-0.1, -0.05) is 30.3 Å². The van der Waals surface area contributed by atoms with Crippen molar-refractivity contribution in [3.63, 3.8) is 0 Å². The highest BCUT2D eigenvalue weighted by atomic mass is 32.2. The first-order valence-corrected chi connectivity index (χ1v) is 7.55. The maximum atomic E-state index is 5.74. The van der Waals surface area contributed by atoms with Gasteiger partial charge in [-0.2, -0.15) is 0 Å². The van der Waals surface area contributed by atoms with Gasteiger partial charge in [0, 0.05) is 4.90 Å². The topological polar surface area (TPSA) is 38.0 Å². The molecule has 0 aliphatic rings. The van der Waals surface area contributed by atoms with Crippen molar-refractivity contribution < 1.29 is 0 Å². The molecule has 3 N–H and O–H groups in total. The molecule has 1 unspecified atom stereocenters. The summed E-state index contributed by atoms with van der Waals surface area (Å²) < 4.78 is 0. The number of nitrogens with one attached hydrogen (secondary N) is 1. The van der Waals surface area contributed by atoms with Crippen LogP contribution in [0.15, 0.2) is 47.4 Å². The minimum absolute atomic E-state index is 0.0372. The number of rotatable bonds is 4. The fourth-order valence-corrected chi connectivity index (χ4v) is 2.53. The molecular formula is C16H20N2S. The molecule has 2 rings (SSSR count). The quantitative estimate of drug-likeness (QED) is 0.507. The van der Waals surface area contributed by atoms with Gasteiger partial charge in [-0.3, -0.25) is 5.84 Å². The Kier molecular flexibility index (Phi) is 4.64. The summed E-state index contributed by atoms with van der Waals surface area (Å²) in [5, 5.41) is 0. The summed E-state index contributed by atoms with van der Waals surface area (Å²) in [5.74, 6) is 5.74. The lowest BCUT2D eigenvalue weighted by Gasteiger charge is -2.18. The molecule has 0 radical (unpaired) electrons. The molecule has 0 amide bonds. The van der Waals surface area contributed by atoms with Gasteiger partial charge in [-0.25, -0.2) is 5.43 Å². The van der Waals surface area contributed by atoms with Crippen molar-refractivity contribution in [1.29, 1.82) is 0 Å². The second-order valence-corrected chi connectivity index (χ2v) is 5.60. The number of hydrogen-bond acceptors (Lipinski definition) is 3. The Bertz CT molecular complexity index is 549. The van der Waals surface area contributed by atoms with E-state index in [1.807, 2.05) is 0 Å². The van der Waals surface area contributed by atoms with Crippen LogP contribution >= 0.6 is 11.8 Å². The Labute approximate surface area is 119 Å². The monoisotopic (exact) mass is 272 g/mol. The lowest BCUT2D eigenvalue weighted by atomic mass is 9.96. The zero-order valence-corrected chi connectivity index (χ0v) is 12.4. The number of hydrazine groups is 1. The normalized spacial score (nSPS) is 12.4. The number of benzene rings is 2. The van der Waals surface area contributed by atoms with Gasteiger partial charge in [0.25, 0.3) is 0 Å². The molecule has 1 atom stereocenters. The minimum atomic E-state index is 0.0372. The lowest BCUT2D eigenvalue weighted by Crippen LogP contribution is -2.28. The van der Waals surface area contributed by atoms with Gasteiger partial charge in [-0.05, 0) is 54.5 Å². The van der Waals surface area contributed by atoms with Gasteiger partial charge < -0.3 is 0 Å². The van der Waals surface area contributed by atoms with E-state index in [-0.39, 0.29) is 6.04 Å². The molecule has 0 aliphatic heterocycles. The first-order chi connectivity index (χ1) is 9.15. The van der Waals surface area contributed by atoms with Crippen molar-refractivity contribution >= 4 is 11.8 Å². The molecule has 0 fully saturated rings. The van der Waals surface area contributed by atoms with E-state index < -0.39 is 0 Å². The van der Waals surface area contributed by atoms with E-state index in [0.29, 0.717) is 0 Å². The van der Waals surface area contributed by atoms with E-state index in [1.54, 1.807) is 11.8 Å². The zero-order chi connectivity index (χ0) is 13.8. The summed E-state index contributed by atoms with van der Waals surface area (Å²) in [6, 6.07) is 15.0. The maximum Gasteiger partial charge on any atom is 0.0710 e.